The van der Waals surface area contributed by atoms with Gasteiger partial charge in [-0.25, -0.2) is 4.99 Å². The molecule has 6 heteroatoms. The molecule has 2 aliphatic heterocycles. The van der Waals surface area contributed by atoms with Crippen LogP contribution in [0.4, 0.5) is 0 Å². The molecule has 1 atom stereocenters. The Morgan fingerprint density at radius 1 is 1.19 bits per heavy atom. The maximum absolute atomic E-state index is 13.3. The van der Waals surface area contributed by atoms with E-state index in [1.165, 1.54) is 4.90 Å². The van der Waals surface area contributed by atoms with Crippen molar-refractivity contribution in [3.05, 3.63) is 53.1 Å². The molecule has 5 rings (SSSR count). The second-order valence-electron chi connectivity index (χ2n) is 7.33. The van der Waals surface area contributed by atoms with E-state index in [9.17, 15) is 4.79 Å². The normalized spacial score (nSPS) is 25.2. The van der Waals surface area contributed by atoms with Gasteiger partial charge < -0.3 is 10.5 Å². The number of hydrogen-bond acceptors (Lipinski definition) is 4. The van der Waals surface area contributed by atoms with Gasteiger partial charge in [0.15, 0.2) is 11.5 Å². The van der Waals surface area contributed by atoms with Crippen LogP contribution in [0.3, 0.4) is 0 Å². The predicted octanol–water partition coefficient (Wildman–Crippen LogP) is 3.16. The second-order valence-corrected chi connectivity index (χ2v) is 7.77. The van der Waals surface area contributed by atoms with Gasteiger partial charge in [0.1, 0.15) is 5.75 Å². The van der Waals surface area contributed by atoms with E-state index in [2.05, 4.69) is 0 Å². The minimum absolute atomic E-state index is 0.0692. The monoisotopic (exact) mass is 367 g/mol. The lowest BCUT2D eigenvalue weighted by Gasteiger charge is -2.39. The molecular formula is C20H18ClN3O2. The number of nitrogens with zero attached hydrogens (tertiary/aromatic N) is 2. The number of aliphatic imine (C=N–C) groups is 1. The molecule has 5 nitrogen and oxygen atoms in total. The number of ether oxygens (including phenoxy) is 1. The molecule has 1 saturated carbocycles. The number of nitrogens with two attached hydrogens (primary N) is 1. The minimum Gasteiger partial charge on any atom is -0.492 e. The van der Waals surface area contributed by atoms with Crippen LogP contribution in [0.5, 0.6) is 5.75 Å². The van der Waals surface area contributed by atoms with Crippen molar-refractivity contribution in [1.29, 1.82) is 0 Å². The number of likely N-dealkylation sites (N-methyl/N-ethyl adjacent to an activating group) is 1. The quantitative estimate of drug-likeness (QED) is 0.841. The number of guanidine groups is 1. The van der Waals surface area contributed by atoms with Crippen LogP contribution in [-0.2, 0) is 10.3 Å². The molecule has 2 N–H and O–H groups in total. The Balaban J connectivity index is 1.74. The van der Waals surface area contributed by atoms with Crippen molar-refractivity contribution < 1.29 is 9.53 Å². The first-order valence-corrected chi connectivity index (χ1v) is 9.01. The van der Waals surface area contributed by atoms with E-state index in [0.717, 1.165) is 29.5 Å². The summed E-state index contributed by atoms with van der Waals surface area (Å²) in [5.41, 5.74) is 7.54. The van der Waals surface area contributed by atoms with Crippen molar-refractivity contribution in [2.24, 2.45) is 16.1 Å². The Labute approximate surface area is 156 Å². The molecule has 132 valence electrons. The van der Waals surface area contributed by atoms with Crippen LogP contribution in [0.25, 0.3) is 11.1 Å². The number of fused-ring (bicyclic) bond motifs is 3. The van der Waals surface area contributed by atoms with Gasteiger partial charge in [-0.15, -0.1) is 0 Å². The number of amides is 1. The number of carbonyl (C=O) groups excluding carboxylic acids is 1. The highest BCUT2D eigenvalue weighted by Gasteiger charge is 2.70. The van der Waals surface area contributed by atoms with Crippen LogP contribution >= 0.6 is 11.6 Å². The largest absolute Gasteiger partial charge is 0.492 e. The summed E-state index contributed by atoms with van der Waals surface area (Å²) in [5, 5.41) is 0.670. The number of hydrogen-bond donors (Lipinski definition) is 1. The van der Waals surface area contributed by atoms with Gasteiger partial charge >= 0.3 is 0 Å². The van der Waals surface area contributed by atoms with Crippen molar-refractivity contribution in [2.75, 3.05) is 13.7 Å². The fourth-order valence-electron chi connectivity index (χ4n) is 4.21. The van der Waals surface area contributed by atoms with Gasteiger partial charge in [-0.3, -0.25) is 9.69 Å². The van der Waals surface area contributed by atoms with Crippen LogP contribution in [0.2, 0.25) is 5.02 Å². The topological polar surface area (TPSA) is 67.9 Å². The van der Waals surface area contributed by atoms with Crippen LogP contribution in [0.15, 0.2) is 47.5 Å². The molecular weight excluding hydrogens is 350 g/mol. The standard InChI is InChI=1S/C20H18ClN3O2/c1-24-17(25)20(23-18(24)22)15-10-13(12-3-2-4-14(21)9-12)5-6-16(15)26-11-19(20)7-8-19/h2-6,9-10H,7-8,11H2,1H3,(H2,22,23). The zero-order chi connectivity index (χ0) is 18.1. The molecule has 1 aliphatic carbocycles. The Kier molecular flexibility index (Phi) is 3.03. The zero-order valence-electron chi connectivity index (χ0n) is 14.3. The summed E-state index contributed by atoms with van der Waals surface area (Å²) in [7, 11) is 1.68. The van der Waals surface area contributed by atoms with E-state index in [0.29, 0.717) is 17.4 Å². The zero-order valence-corrected chi connectivity index (χ0v) is 15.1. The fraction of sp³-hybridized carbons (Fsp3) is 0.300. The highest BCUT2D eigenvalue weighted by molar-refractivity contribution is 6.30. The summed E-state index contributed by atoms with van der Waals surface area (Å²) in [4.78, 5) is 19.4. The predicted molar refractivity (Wildman–Crippen MR) is 100 cm³/mol. The summed E-state index contributed by atoms with van der Waals surface area (Å²) in [6.45, 7) is 0.493. The summed E-state index contributed by atoms with van der Waals surface area (Å²) in [6.07, 6.45) is 1.81. The van der Waals surface area contributed by atoms with Gasteiger partial charge in [-0.1, -0.05) is 29.8 Å². The lowest BCUT2D eigenvalue weighted by atomic mass is 9.73. The Bertz CT molecular complexity index is 983. The van der Waals surface area contributed by atoms with Crippen molar-refractivity contribution in [2.45, 2.75) is 18.4 Å². The van der Waals surface area contributed by atoms with E-state index in [-0.39, 0.29) is 17.3 Å². The summed E-state index contributed by atoms with van der Waals surface area (Å²) < 4.78 is 6.01. The maximum Gasteiger partial charge on any atom is 0.262 e. The van der Waals surface area contributed by atoms with Gasteiger partial charge in [0.2, 0.25) is 0 Å². The molecule has 0 bridgehead atoms. The smallest absolute Gasteiger partial charge is 0.262 e. The Morgan fingerprint density at radius 3 is 2.62 bits per heavy atom. The van der Waals surface area contributed by atoms with Crippen LogP contribution in [-0.4, -0.2) is 30.4 Å². The van der Waals surface area contributed by atoms with E-state index in [4.69, 9.17) is 27.1 Å². The van der Waals surface area contributed by atoms with Gasteiger partial charge in [-0.05, 0) is 48.2 Å². The summed E-state index contributed by atoms with van der Waals surface area (Å²) in [5.74, 6) is 0.899. The van der Waals surface area contributed by atoms with Crippen LogP contribution < -0.4 is 10.5 Å². The van der Waals surface area contributed by atoms with Crippen molar-refractivity contribution in [3.8, 4) is 16.9 Å². The molecule has 2 heterocycles. The highest BCUT2D eigenvalue weighted by Crippen LogP contribution is 2.65. The first-order chi connectivity index (χ1) is 12.5. The van der Waals surface area contributed by atoms with Crippen molar-refractivity contribution in [1.82, 2.24) is 4.90 Å². The minimum atomic E-state index is -0.978. The summed E-state index contributed by atoms with van der Waals surface area (Å²) >= 11 is 6.15. The Morgan fingerprint density at radius 2 is 1.96 bits per heavy atom. The summed E-state index contributed by atoms with van der Waals surface area (Å²) in [6, 6.07) is 13.6. The SMILES string of the molecule is CN1C(=O)C2(N=C1N)c1cc(-c3cccc(Cl)c3)ccc1OCC21CC1. The van der Waals surface area contributed by atoms with Gasteiger partial charge in [0.05, 0.1) is 6.61 Å². The first-order valence-electron chi connectivity index (χ1n) is 8.64. The molecule has 2 aromatic carbocycles. The average Bonchev–Trinajstić information content (AvgIpc) is 3.39. The van der Waals surface area contributed by atoms with Crippen LogP contribution in [0, 0.1) is 5.41 Å². The fourth-order valence-corrected chi connectivity index (χ4v) is 4.40. The number of carbonyl (C=O) groups is 1. The molecule has 0 radical (unpaired) electrons. The Hall–Kier alpha value is -2.53. The van der Waals surface area contributed by atoms with Gasteiger partial charge in [0.25, 0.3) is 5.91 Å². The molecule has 1 fully saturated rings. The molecule has 1 unspecified atom stereocenters. The highest BCUT2D eigenvalue weighted by atomic mass is 35.5. The number of benzene rings is 2. The van der Waals surface area contributed by atoms with Crippen molar-refractivity contribution in [3.63, 3.8) is 0 Å². The number of rotatable bonds is 1. The lowest BCUT2D eigenvalue weighted by molar-refractivity contribution is -0.134. The third-order valence-electron chi connectivity index (χ3n) is 5.89. The van der Waals surface area contributed by atoms with Gasteiger partial charge in [0, 0.05) is 23.0 Å². The molecule has 26 heavy (non-hydrogen) atoms. The average molecular weight is 368 g/mol. The molecule has 2 spiro atoms. The molecule has 3 aliphatic rings. The number of halogens is 1. The van der Waals surface area contributed by atoms with E-state index in [1.807, 2.05) is 42.5 Å². The maximum atomic E-state index is 13.3. The molecule has 2 aromatic rings. The second kappa shape index (κ2) is 5.01. The third kappa shape index (κ3) is 1.86. The molecule has 1 amide bonds. The van der Waals surface area contributed by atoms with E-state index >= 15 is 0 Å². The lowest BCUT2D eigenvalue weighted by Crippen LogP contribution is -2.50. The van der Waals surface area contributed by atoms with Gasteiger partial charge in [-0.2, -0.15) is 0 Å². The van der Waals surface area contributed by atoms with Crippen LogP contribution in [0.1, 0.15) is 18.4 Å². The van der Waals surface area contributed by atoms with E-state index < -0.39 is 5.54 Å². The first kappa shape index (κ1) is 15.7. The molecule has 0 aromatic heterocycles. The molecule has 0 saturated heterocycles. The third-order valence-corrected chi connectivity index (χ3v) is 6.13. The van der Waals surface area contributed by atoms with E-state index in [1.54, 1.807) is 7.05 Å². The van der Waals surface area contributed by atoms with Crippen molar-refractivity contribution >= 4 is 23.5 Å².